The van der Waals surface area contributed by atoms with E-state index in [0.29, 0.717) is 11.6 Å². The molecule has 0 radical (unpaired) electrons. The Bertz CT molecular complexity index is 523. The van der Waals surface area contributed by atoms with E-state index in [1.807, 2.05) is 0 Å². The summed E-state index contributed by atoms with van der Waals surface area (Å²) < 4.78 is 0. The molecule has 2 rings (SSSR count). The van der Waals surface area contributed by atoms with Gasteiger partial charge in [0.15, 0.2) is 0 Å². The zero-order valence-electron chi connectivity index (χ0n) is 9.80. The first kappa shape index (κ1) is 13.7. The Hall–Kier alpha value is -1.70. The van der Waals surface area contributed by atoms with Crippen LogP contribution < -0.4 is 10.6 Å². The second-order valence-corrected chi connectivity index (χ2v) is 4.69. The van der Waals surface area contributed by atoms with Crippen molar-refractivity contribution in [3.8, 4) is 0 Å². The second kappa shape index (κ2) is 5.52. The van der Waals surface area contributed by atoms with Crippen LogP contribution in [-0.4, -0.2) is 34.6 Å². The van der Waals surface area contributed by atoms with Crippen LogP contribution in [0.5, 0.6) is 0 Å². The summed E-state index contributed by atoms with van der Waals surface area (Å²) in [6.07, 6.45) is -0.301. The number of aliphatic hydroxyl groups excluding tert-OH is 1. The lowest BCUT2D eigenvalue weighted by Gasteiger charge is -2.11. The van der Waals surface area contributed by atoms with Crippen LogP contribution in [0.1, 0.15) is 6.42 Å². The molecule has 2 atom stereocenters. The van der Waals surface area contributed by atoms with Gasteiger partial charge in [0.25, 0.3) is 5.69 Å². The van der Waals surface area contributed by atoms with E-state index in [2.05, 4.69) is 10.6 Å². The smallest absolute Gasteiger partial charge is 0.292 e. The minimum Gasteiger partial charge on any atom is -0.392 e. The molecular formula is C11H12ClN3O4. The summed E-state index contributed by atoms with van der Waals surface area (Å²) in [5.74, 6) is -0.429. The molecule has 1 saturated heterocycles. The fourth-order valence-corrected chi connectivity index (χ4v) is 2.08. The fourth-order valence-electron chi connectivity index (χ4n) is 1.90. The van der Waals surface area contributed by atoms with Crippen LogP contribution in [0.4, 0.5) is 11.4 Å². The highest BCUT2D eigenvalue weighted by Gasteiger charge is 2.29. The van der Waals surface area contributed by atoms with Gasteiger partial charge < -0.3 is 15.7 Å². The van der Waals surface area contributed by atoms with E-state index in [1.165, 1.54) is 18.2 Å². The molecular weight excluding hydrogens is 274 g/mol. The molecule has 0 saturated carbocycles. The second-order valence-electron chi connectivity index (χ2n) is 4.26. The van der Waals surface area contributed by atoms with Crippen molar-refractivity contribution in [3.05, 3.63) is 33.3 Å². The Morgan fingerprint density at radius 2 is 2.32 bits per heavy atom. The van der Waals surface area contributed by atoms with Crippen LogP contribution >= 0.6 is 11.6 Å². The predicted molar refractivity (Wildman–Crippen MR) is 69.2 cm³/mol. The maximum absolute atomic E-state index is 11.9. The number of amides is 1. The number of carbonyl (C=O) groups is 1. The summed E-state index contributed by atoms with van der Waals surface area (Å²) in [7, 11) is 0. The van der Waals surface area contributed by atoms with Gasteiger partial charge in [-0.05, 0) is 18.6 Å². The van der Waals surface area contributed by atoms with E-state index in [0.717, 1.165) is 0 Å². The van der Waals surface area contributed by atoms with Gasteiger partial charge in [-0.2, -0.15) is 0 Å². The highest BCUT2D eigenvalue weighted by Crippen LogP contribution is 2.28. The van der Waals surface area contributed by atoms with Gasteiger partial charge in [-0.25, -0.2) is 0 Å². The summed E-state index contributed by atoms with van der Waals surface area (Å²) in [4.78, 5) is 22.1. The number of nitrogens with one attached hydrogen (secondary N) is 2. The first-order chi connectivity index (χ1) is 8.97. The third-order valence-electron chi connectivity index (χ3n) is 2.84. The van der Waals surface area contributed by atoms with Crippen molar-refractivity contribution in [2.75, 3.05) is 11.9 Å². The Labute approximate surface area is 113 Å². The molecule has 0 spiro atoms. The zero-order chi connectivity index (χ0) is 14.0. The van der Waals surface area contributed by atoms with Gasteiger partial charge in [0.2, 0.25) is 5.91 Å². The topological polar surface area (TPSA) is 104 Å². The van der Waals surface area contributed by atoms with Crippen LogP contribution in [0, 0.1) is 10.1 Å². The van der Waals surface area contributed by atoms with Gasteiger partial charge in [0, 0.05) is 17.6 Å². The summed E-state index contributed by atoms with van der Waals surface area (Å²) in [6, 6.07) is 3.37. The van der Waals surface area contributed by atoms with E-state index in [9.17, 15) is 20.0 Å². The molecule has 0 bridgehead atoms. The fraction of sp³-hybridized carbons (Fsp3) is 0.364. The Morgan fingerprint density at radius 1 is 1.58 bits per heavy atom. The average Bonchev–Trinajstić information content (AvgIpc) is 2.75. The molecule has 0 aromatic heterocycles. The summed E-state index contributed by atoms with van der Waals surface area (Å²) in [5, 5.41) is 25.7. The van der Waals surface area contributed by atoms with Gasteiger partial charge in [0.05, 0.1) is 17.1 Å². The number of nitro benzene ring substituents is 1. The Kier molecular flexibility index (Phi) is 3.98. The van der Waals surface area contributed by atoms with Gasteiger partial charge in [-0.1, -0.05) is 11.6 Å². The van der Waals surface area contributed by atoms with E-state index in [-0.39, 0.29) is 17.8 Å². The lowest BCUT2D eigenvalue weighted by Crippen LogP contribution is -2.35. The molecule has 8 heteroatoms. The molecule has 1 heterocycles. The maximum Gasteiger partial charge on any atom is 0.292 e. The number of hydrogen-bond donors (Lipinski definition) is 3. The molecule has 102 valence electrons. The normalized spacial score (nSPS) is 22.2. The molecule has 0 aliphatic carbocycles. The van der Waals surface area contributed by atoms with Crippen molar-refractivity contribution >= 4 is 28.9 Å². The molecule has 1 aromatic carbocycles. The highest BCUT2D eigenvalue weighted by molar-refractivity contribution is 6.31. The van der Waals surface area contributed by atoms with E-state index >= 15 is 0 Å². The van der Waals surface area contributed by atoms with Crippen LogP contribution in [-0.2, 0) is 4.79 Å². The van der Waals surface area contributed by atoms with Crippen molar-refractivity contribution in [1.82, 2.24) is 5.32 Å². The maximum atomic E-state index is 11.9. The van der Waals surface area contributed by atoms with Crippen molar-refractivity contribution < 1.29 is 14.8 Å². The number of rotatable bonds is 3. The molecule has 3 N–H and O–H groups in total. The number of nitro groups is 1. The van der Waals surface area contributed by atoms with Crippen LogP contribution in [0.15, 0.2) is 18.2 Å². The van der Waals surface area contributed by atoms with Crippen molar-refractivity contribution in [2.24, 2.45) is 0 Å². The van der Waals surface area contributed by atoms with Gasteiger partial charge >= 0.3 is 0 Å². The Balaban J connectivity index is 2.16. The summed E-state index contributed by atoms with van der Waals surface area (Å²) >= 11 is 5.76. The Morgan fingerprint density at radius 3 is 2.89 bits per heavy atom. The lowest BCUT2D eigenvalue weighted by atomic mass is 10.2. The minimum absolute atomic E-state index is 0.0469. The standard InChI is InChI=1S/C11H12ClN3O4/c12-6-1-2-10(15(18)19)8(3-6)14-11(17)9-4-7(16)5-13-9/h1-3,7,9,13,16H,4-5H2,(H,14,17). The molecule has 1 aromatic rings. The average molecular weight is 286 g/mol. The largest absolute Gasteiger partial charge is 0.392 e. The van der Waals surface area contributed by atoms with Crippen molar-refractivity contribution in [2.45, 2.75) is 18.6 Å². The summed E-state index contributed by atoms with van der Waals surface area (Å²) in [5.41, 5.74) is -0.179. The van der Waals surface area contributed by atoms with Gasteiger partial charge in [-0.15, -0.1) is 0 Å². The molecule has 7 nitrogen and oxygen atoms in total. The number of nitrogens with zero attached hydrogens (tertiary/aromatic N) is 1. The van der Waals surface area contributed by atoms with Crippen LogP contribution in [0.2, 0.25) is 5.02 Å². The minimum atomic E-state index is -0.594. The number of carbonyl (C=O) groups excluding carboxylic acids is 1. The van der Waals surface area contributed by atoms with E-state index in [4.69, 9.17) is 11.6 Å². The third-order valence-corrected chi connectivity index (χ3v) is 3.07. The SMILES string of the molecule is O=C(Nc1cc(Cl)ccc1[N+](=O)[O-])C1CC(O)CN1. The molecule has 1 aliphatic heterocycles. The van der Waals surface area contributed by atoms with Crippen LogP contribution in [0.3, 0.4) is 0 Å². The number of benzene rings is 1. The first-order valence-electron chi connectivity index (χ1n) is 5.63. The highest BCUT2D eigenvalue weighted by atomic mass is 35.5. The van der Waals surface area contributed by atoms with Gasteiger partial charge in [0.1, 0.15) is 5.69 Å². The van der Waals surface area contributed by atoms with E-state index in [1.54, 1.807) is 0 Å². The third kappa shape index (κ3) is 3.19. The van der Waals surface area contributed by atoms with Crippen molar-refractivity contribution in [1.29, 1.82) is 0 Å². The molecule has 1 fully saturated rings. The number of anilines is 1. The van der Waals surface area contributed by atoms with Crippen LogP contribution in [0.25, 0.3) is 0 Å². The lowest BCUT2D eigenvalue weighted by molar-refractivity contribution is -0.383. The number of β-amino-alcohol motifs (C(OH)–C–C–N with tert-alkyl or cyclic N) is 1. The monoisotopic (exact) mass is 285 g/mol. The zero-order valence-corrected chi connectivity index (χ0v) is 10.6. The predicted octanol–water partition coefficient (Wildman–Crippen LogP) is 0.909. The molecule has 2 unspecified atom stereocenters. The summed E-state index contributed by atoms with van der Waals surface area (Å²) in [6.45, 7) is 0.329. The molecule has 19 heavy (non-hydrogen) atoms. The number of halogens is 1. The molecule has 1 amide bonds. The van der Waals surface area contributed by atoms with Gasteiger partial charge in [-0.3, -0.25) is 14.9 Å². The quantitative estimate of drug-likeness (QED) is 0.565. The van der Waals surface area contributed by atoms with Crippen molar-refractivity contribution in [3.63, 3.8) is 0 Å². The number of hydrogen-bond acceptors (Lipinski definition) is 5. The first-order valence-corrected chi connectivity index (χ1v) is 6.01. The number of aliphatic hydroxyl groups is 1. The van der Waals surface area contributed by atoms with E-state index < -0.39 is 23.0 Å². The molecule has 1 aliphatic rings.